The van der Waals surface area contributed by atoms with Crippen molar-refractivity contribution in [1.29, 1.82) is 0 Å². The third-order valence-corrected chi connectivity index (χ3v) is 2.85. The summed E-state index contributed by atoms with van der Waals surface area (Å²) in [6, 6.07) is 0. The molecular formula is C8H5Cl5O2. The van der Waals surface area contributed by atoms with Gasteiger partial charge in [-0.2, -0.15) is 0 Å². The van der Waals surface area contributed by atoms with E-state index < -0.39 is 5.97 Å². The van der Waals surface area contributed by atoms with Gasteiger partial charge in [0, 0.05) is 18.0 Å². The van der Waals surface area contributed by atoms with Gasteiger partial charge < -0.3 is 4.74 Å². The maximum absolute atomic E-state index is 10.7. The smallest absolute Gasteiger partial charge is 0.308 e. The molecule has 0 radical (unpaired) electrons. The fraction of sp³-hybridized carbons (Fsp3) is 0.125. The Bertz CT molecular complexity index is 343. The number of carbonyl (C=O) groups is 1. The lowest BCUT2D eigenvalue weighted by atomic mass is 10.4. The maximum atomic E-state index is 10.7. The van der Waals surface area contributed by atoms with Gasteiger partial charge in [0.25, 0.3) is 0 Å². The molecule has 0 aliphatic carbocycles. The Kier molecular flexibility index (Phi) is 7.49. The molecule has 0 spiro atoms. The number of halogens is 5. The quantitative estimate of drug-likeness (QED) is 0.431. The highest BCUT2D eigenvalue weighted by atomic mass is 35.5. The molecule has 0 N–H and O–H groups in total. The van der Waals surface area contributed by atoms with E-state index >= 15 is 0 Å². The lowest BCUT2D eigenvalue weighted by molar-refractivity contribution is -0.136. The van der Waals surface area contributed by atoms with E-state index in [-0.39, 0.29) is 20.9 Å². The Labute approximate surface area is 112 Å². The van der Waals surface area contributed by atoms with Crippen molar-refractivity contribution in [3.63, 3.8) is 0 Å². The van der Waals surface area contributed by atoms with Crippen molar-refractivity contribution < 1.29 is 9.53 Å². The van der Waals surface area contributed by atoms with Crippen LogP contribution in [0.15, 0.2) is 31.9 Å². The minimum absolute atomic E-state index is 0.00602. The molecule has 0 rings (SSSR count). The molecule has 0 aromatic carbocycles. The van der Waals surface area contributed by atoms with Gasteiger partial charge in [-0.15, -0.1) is 0 Å². The van der Waals surface area contributed by atoms with Crippen LogP contribution in [0, 0.1) is 0 Å². The number of carbonyl (C=O) groups excluding carboxylic acids is 1. The number of hydrogen-bond acceptors (Lipinski definition) is 2. The second kappa shape index (κ2) is 7.42. The van der Waals surface area contributed by atoms with E-state index in [1.807, 2.05) is 0 Å². The first kappa shape index (κ1) is 15.1. The van der Waals surface area contributed by atoms with E-state index in [4.69, 9.17) is 58.0 Å². The minimum Gasteiger partial charge on any atom is -0.424 e. The van der Waals surface area contributed by atoms with E-state index in [0.717, 1.165) is 11.1 Å². The second-order valence-electron chi connectivity index (χ2n) is 2.15. The van der Waals surface area contributed by atoms with Crippen LogP contribution in [0.5, 0.6) is 0 Å². The van der Waals surface area contributed by atoms with Gasteiger partial charge in [-0.3, -0.25) is 4.79 Å². The van der Waals surface area contributed by atoms with Gasteiger partial charge in [-0.25, -0.2) is 0 Å². The molecule has 0 saturated carbocycles. The third-order valence-electron chi connectivity index (χ3n) is 1.07. The van der Waals surface area contributed by atoms with Crippen LogP contribution in [0.1, 0.15) is 6.92 Å². The van der Waals surface area contributed by atoms with Gasteiger partial charge in [0.05, 0.1) is 10.1 Å². The third kappa shape index (κ3) is 5.14. The molecule has 0 fully saturated rings. The summed E-state index contributed by atoms with van der Waals surface area (Å²) < 4.78 is 4.66. The van der Waals surface area contributed by atoms with Gasteiger partial charge >= 0.3 is 5.97 Å². The van der Waals surface area contributed by atoms with E-state index in [1.165, 1.54) is 6.92 Å². The molecule has 15 heavy (non-hydrogen) atoms. The van der Waals surface area contributed by atoms with Crippen molar-refractivity contribution in [1.82, 2.24) is 0 Å². The van der Waals surface area contributed by atoms with Crippen LogP contribution in [0.25, 0.3) is 0 Å². The summed E-state index contributed by atoms with van der Waals surface area (Å²) in [5.74, 6) is -0.692. The zero-order valence-corrected chi connectivity index (χ0v) is 11.1. The second-order valence-corrected chi connectivity index (χ2v) is 3.75. The SMILES string of the molecule is CC(=O)OC(=C\Cl)/C(Cl)=C(Cl)\C(Cl)=C\Cl. The van der Waals surface area contributed by atoms with Crippen molar-refractivity contribution in [2.24, 2.45) is 0 Å². The molecule has 0 aliphatic rings. The zero-order chi connectivity index (χ0) is 12.0. The average molecular weight is 310 g/mol. The highest BCUT2D eigenvalue weighted by Crippen LogP contribution is 2.31. The van der Waals surface area contributed by atoms with E-state index in [0.29, 0.717) is 0 Å². The molecule has 0 amide bonds. The molecule has 0 saturated heterocycles. The van der Waals surface area contributed by atoms with Gasteiger partial charge in [0.15, 0.2) is 5.76 Å². The first-order valence-corrected chi connectivity index (χ1v) is 5.45. The van der Waals surface area contributed by atoms with Gasteiger partial charge in [0.2, 0.25) is 0 Å². The fourth-order valence-corrected chi connectivity index (χ4v) is 1.39. The Hall–Kier alpha value is 0.140. The summed E-state index contributed by atoms with van der Waals surface area (Å²) in [4.78, 5) is 10.7. The lowest BCUT2D eigenvalue weighted by Crippen LogP contribution is -1.99. The highest BCUT2D eigenvalue weighted by Gasteiger charge is 2.13. The molecule has 0 bridgehead atoms. The van der Waals surface area contributed by atoms with Crippen molar-refractivity contribution in [2.45, 2.75) is 6.92 Å². The molecule has 84 valence electrons. The predicted molar refractivity (Wildman–Crippen MR) is 64.2 cm³/mol. The molecule has 0 atom stereocenters. The zero-order valence-electron chi connectivity index (χ0n) is 7.36. The Balaban J connectivity index is 5.11. The van der Waals surface area contributed by atoms with Crippen molar-refractivity contribution in [3.8, 4) is 0 Å². The normalized spacial score (nSPS) is 14.8. The van der Waals surface area contributed by atoms with Crippen LogP contribution in [0.2, 0.25) is 0 Å². The topological polar surface area (TPSA) is 26.3 Å². The molecule has 0 heterocycles. The van der Waals surface area contributed by atoms with Crippen molar-refractivity contribution in [3.05, 3.63) is 31.9 Å². The van der Waals surface area contributed by atoms with Crippen LogP contribution in [0.3, 0.4) is 0 Å². The van der Waals surface area contributed by atoms with Gasteiger partial charge in [-0.1, -0.05) is 58.0 Å². The highest BCUT2D eigenvalue weighted by molar-refractivity contribution is 6.50. The molecule has 0 aliphatic heterocycles. The van der Waals surface area contributed by atoms with Crippen LogP contribution in [-0.4, -0.2) is 5.97 Å². The van der Waals surface area contributed by atoms with Crippen LogP contribution in [-0.2, 0) is 9.53 Å². The lowest BCUT2D eigenvalue weighted by Gasteiger charge is -2.06. The van der Waals surface area contributed by atoms with Crippen LogP contribution >= 0.6 is 58.0 Å². The Morgan fingerprint density at radius 3 is 1.93 bits per heavy atom. The monoisotopic (exact) mass is 308 g/mol. The summed E-state index contributed by atoms with van der Waals surface area (Å²) in [7, 11) is 0. The molecule has 0 unspecified atom stereocenters. The largest absolute Gasteiger partial charge is 0.424 e. The molecule has 0 aromatic heterocycles. The number of ether oxygens (including phenoxy) is 1. The average Bonchev–Trinajstić information content (AvgIpc) is 2.22. The first-order chi connectivity index (χ1) is 6.93. The maximum Gasteiger partial charge on any atom is 0.308 e. The predicted octanol–water partition coefficient (Wildman–Crippen LogP) is 4.64. The molecule has 0 aromatic rings. The Morgan fingerprint density at radius 2 is 1.60 bits per heavy atom. The van der Waals surface area contributed by atoms with Crippen molar-refractivity contribution in [2.75, 3.05) is 0 Å². The standard InChI is InChI=1S/C8H5Cl5O2/c1-4(14)15-6(3-10)8(13)7(12)5(11)2-9/h2-3H,1H3/b5-2-,6-3-,8-7-. The minimum atomic E-state index is -0.588. The first-order valence-electron chi connectivity index (χ1n) is 3.44. The van der Waals surface area contributed by atoms with E-state index in [1.54, 1.807) is 0 Å². The van der Waals surface area contributed by atoms with Gasteiger partial charge in [0.1, 0.15) is 5.03 Å². The number of esters is 1. The summed E-state index contributed by atoms with van der Waals surface area (Å²) in [6.07, 6.45) is 0. The van der Waals surface area contributed by atoms with Crippen LogP contribution < -0.4 is 0 Å². The van der Waals surface area contributed by atoms with Crippen molar-refractivity contribution >= 4 is 64.0 Å². The fourth-order valence-electron chi connectivity index (χ4n) is 0.531. The molecule has 2 nitrogen and oxygen atoms in total. The van der Waals surface area contributed by atoms with E-state index in [9.17, 15) is 4.79 Å². The molecular weight excluding hydrogens is 305 g/mol. The summed E-state index contributed by atoms with van der Waals surface area (Å²) >= 11 is 27.8. The summed E-state index contributed by atoms with van der Waals surface area (Å²) in [5, 5.41) is -0.170. The van der Waals surface area contributed by atoms with E-state index in [2.05, 4.69) is 4.74 Å². The summed E-state index contributed by atoms with van der Waals surface area (Å²) in [6.45, 7) is 1.19. The number of allylic oxidation sites excluding steroid dienone is 3. The molecule has 7 heteroatoms. The van der Waals surface area contributed by atoms with Gasteiger partial charge in [-0.05, 0) is 0 Å². The Morgan fingerprint density at radius 1 is 1.07 bits per heavy atom. The number of hydrogen-bond donors (Lipinski definition) is 0. The summed E-state index contributed by atoms with van der Waals surface area (Å²) in [5.41, 5.74) is 1.98. The number of rotatable bonds is 3. The van der Waals surface area contributed by atoms with Crippen LogP contribution in [0.4, 0.5) is 0 Å².